The number of phenols is 1. The summed E-state index contributed by atoms with van der Waals surface area (Å²) in [6.07, 6.45) is 1.27. The van der Waals surface area contributed by atoms with Crippen molar-refractivity contribution in [1.29, 1.82) is 5.26 Å². The van der Waals surface area contributed by atoms with Crippen LogP contribution in [0.15, 0.2) is 36.5 Å². The van der Waals surface area contributed by atoms with Crippen LogP contribution < -0.4 is 5.32 Å². The van der Waals surface area contributed by atoms with Crippen molar-refractivity contribution in [2.24, 2.45) is 0 Å². The Morgan fingerprint density at radius 2 is 2.16 bits per heavy atom. The molecule has 5 nitrogen and oxygen atoms in total. The first-order valence-corrected chi connectivity index (χ1v) is 5.26. The zero-order chi connectivity index (χ0) is 13.8. The summed E-state index contributed by atoms with van der Waals surface area (Å²) in [5, 5.41) is 20.1. The van der Waals surface area contributed by atoms with Crippen LogP contribution in [0.5, 0.6) is 5.75 Å². The quantitative estimate of drug-likeness (QED) is 0.806. The molecule has 0 saturated heterocycles. The first kappa shape index (κ1) is 12.5. The van der Waals surface area contributed by atoms with Crippen LogP contribution in [0.1, 0.15) is 16.1 Å². The van der Waals surface area contributed by atoms with Crippen molar-refractivity contribution >= 4 is 11.6 Å². The number of halogens is 1. The lowest BCUT2D eigenvalue weighted by Crippen LogP contribution is -2.13. The molecule has 0 spiro atoms. The van der Waals surface area contributed by atoms with E-state index in [0.29, 0.717) is 5.56 Å². The number of pyridine rings is 1. The van der Waals surface area contributed by atoms with E-state index < -0.39 is 17.5 Å². The van der Waals surface area contributed by atoms with E-state index in [1.54, 1.807) is 0 Å². The van der Waals surface area contributed by atoms with Gasteiger partial charge in [0.2, 0.25) is 0 Å². The summed E-state index contributed by atoms with van der Waals surface area (Å²) in [6.45, 7) is 0. The van der Waals surface area contributed by atoms with Gasteiger partial charge >= 0.3 is 0 Å². The molecule has 0 aliphatic carbocycles. The van der Waals surface area contributed by atoms with Gasteiger partial charge in [0, 0.05) is 18.0 Å². The number of hydrogen-bond donors (Lipinski definition) is 2. The molecular formula is C13H8FN3O2. The fraction of sp³-hybridized carbons (Fsp3) is 0. The van der Waals surface area contributed by atoms with Crippen molar-refractivity contribution in [3.8, 4) is 11.8 Å². The number of nitrogens with one attached hydrogen (secondary N) is 1. The van der Waals surface area contributed by atoms with Gasteiger partial charge in [0.1, 0.15) is 11.8 Å². The number of anilines is 1. The van der Waals surface area contributed by atoms with E-state index in [9.17, 15) is 9.18 Å². The molecule has 0 radical (unpaired) electrons. The second-order valence-electron chi connectivity index (χ2n) is 3.66. The van der Waals surface area contributed by atoms with Gasteiger partial charge in [-0.25, -0.2) is 9.37 Å². The summed E-state index contributed by atoms with van der Waals surface area (Å²) in [5.41, 5.74) is 0.645. The zero-order valence-corrected chi connectivity index (χ0v) is 9.59. The fourth-order valence-corrected chi connectivity index (χ4v) is 1.37. The molecule has 2 aromatic rings. The third-order valence-electron chi connectivity index (χ3n) is 2.33. The maximum absolute atomic E-state index is 13.1. The van der Waals surface area contributed by atoms with Crippen molar-refractivity contribution < 1.29 is 14.3 Å². The Labute approximate surface area is 108 Å². The second-order valence-corrected chi connectivity index (χ2v) is 3.66. The molecule has 1 heterocycles. The number of carbonyl (C=O) groups excluding carboxylic acids is 1. The number of hydrogen-bond acceptors (Lipinski definition) is 4. The molecule has 0 saturated carbocycles. The van der Waals surface area contributed by atoms with Gasteiger partial charge in [0.15, 0.2) is 11.6 Å². The average molecular weight is 257 g/mol. The minimum Gasteiger partial charge on any atom is -0.505 e. The molecule has 0 fully saturated rings. The maximum Gasteiger partial charge on any atom is 0.274 e. The molecule has 19 heavy (non-hydrogen) atoms. The fourth-order valence-electron chi connectivity index (χ4n) is 1.37. The van der Waals surface area contributed by atoms with E-state index in [-0.39, 0.29) is 11.4 Å². The highest BCUT2D eigenvalue weighted by molar-refractivity contribution is 6.02. The Morgan fingerprint density at radius 3 is 2.74 bits per heavy atom. The summed E-state index contributed by atoms with van der Waals surface area (Å²) in [4.78, 5) is 15.6. The first-order valence-electron chi connectivity index (χ1n) is 5.26. The largest absolute Gasteiger partial charge is 0.505 e. The molecule has 2 N–H and O–H groups in total. The summed E-state index contributed by atoms with van der Waals surface area (Å²) in [6, 6.07) is 8.23. The van der Waals surface area contributed by atoms with E-state index in [1.165, 1.54) is 24.4 Å². The third-order valence-corrected chi connectivity index (χ3v) is 2.33. The molecule has 0 atom stereocenters. The van der Waals surface area contributed by atoms with Crippen LogP contribution >= 0.6 is 0 Å². The van der Waals surface area contributed by atoms with Crippen LogP contribution in [0.4, 0.5) is 10.1 Å². The topological polar surface area (TPSA) is 86.0 Å². The lowest BCUT2D eigenvalue weighted by molar-refractivity contribution is 0.102. The number of carbonyl (C=O) groups is 1. The van der Waals surface area contributed by atoms with E-state index in [2.05, 4.69) is 10.3 Å². The van der Waals surface area contributed by atoms with Gasteiger partial charge in [-0.2, -0.15) is 5.26 Å². The number of amides is 1. The summed E-state index contributed by atoms with van der Waals surface area (Å²) in [7, 11) is 0. The highest BCUT2D eigenvalue weighted by Gasteiger charge is 2.09. The molecule has 94 valence electrons. The monoisotopic (exact) mass is 257 g/mol. The Balaban J connectivity index is 2.16. The van der Waals surface area contributed by atoms with E-state index in [4.69, 9.17) is 10.4 Å². The van der Waals surface area contributed by atoms with E-state index >= 15 is 0 Å². The predicted octanol–water partition coefficient (Wildman–Crippen LogP) is 2.05. The number of rotatable bonds is 2. The number of benzene rings is 1. The standard InChI is InChI=1S/C13H8FN3O2/c14-10-5-9(2-4-12(10)18)17-13(19)11-3-1-8(6-15)7-16-11/h1-5,7,18H,(H,17,19). The Hall–Kier alpha value is -2.94. The van der Waals surface area contributed by atoms with Gasteiger partial charge in [0.25, 0.3) is 5.91 Å². The van der Waals surface area contributed by atoms with Gasteiger partial charge in [0.05, 0.1) is 5.56 Å². The lowest BCUT2D eigenvalue weighted by Gasteiger charge is -2.05. The maximum atomic E-state index is 13.1. The highest BCUT2D eigenvalue weighted by Crippen LogP contribution is 2.19. The Bertz CT molecular complexity index is 663. The van der Waals surface area contributed by atoms with Gasteiger partial charge in [-0.1, -0.05) is 0 Å². The average Bonchev–Trinajstić information content (AvgIpc) is 2.43. The molecular weight excluding hydrogens is 249 g/mol. The van der Waals surface area contributed by atoms with Gasteiger partial charge < -0.3 is 10.4 Å². The molecule has 1 aromatic carbocycles. The smallest absolute Gasteiger partial charge is 0.274 e. The van der Waals surface area contributed by atoms with Crippen molar-refractivity contribution in [3.63, 3.8) is 0 Å². The molecule has 0 unspecified atom stereocenters. The van der Waals surface area contributed by atoms with Crippen molar-refractivity contribution in [2.45, 2.75) is 0 Å². The van der Waals surface area contributed by atoms with E-state index in [1.807, 2.05) is 6.07 Å². The molecule has 6 heteroatoms. The SMILES string of the molecule is N#Cc1ccc(C(=O)Nc2ccc(O)c(F)c2)nc1. The minimum atomic E-state index is -0.828. The van der Waals surface area contributed by atoms with Crippen LogP contribution in [0.2, 0.25) is 0 Å². The molecule has 0 bridgehead atoms. The van der Waals surface area contributed by atoms with Crippen molar-refractivity contribution in [2.75, 3.05) is 5.32 Å². The Morgan fingerprint density at radius 1 is 1.37 bits per heavy atom. The zero-order valence-electron chi connectivity index (χ0n) is 9.59. The van der Waals surface area contributed by atoms with E-state index in [0.717, 1.165) is 12.1 Å². The number of aromatic hydroxyl groups is 1. The van der Waals surface area contributed by atoms with Gasteiger partial charge in [-0.15, -0.1) is 0 Å². The van der Waals surface area contributed by atoms with Crippen LogP contribution in [-0.2, 0) is 0 Å². The van der Waals surface area contributed by atoms with Crippen molar-refractivity contribution in [3.05, 3.63) is 53.6 Å². The summed E-state index contributed by atoms with van der Waals surface area (Å²) >= 11 is 0. The molecule has 1 aromatic heterocycles. The van der Waals surface area contributed by atoms with Crippen LogP contribution in [0.3, 0.4) is 0 Å². The number of nitrogens with zero attached hydrogens (tertiary/aromatic N) is 2. The molecule has 0 aliphatic rings. The summed E-state index contributed by atoms with van der Waals surface area (Å²) < 4.78 is 13.1. The van der Waals surface area contributed by atoms with Gasteiger partial charge in [-0.05, 0) is 24.3 Å². The predicted molar refractivity (Wildman–Crippen MR) is 65.0 cm³/mol. The number of nitriles is 1. The summed E-state index contributed by atoms with van der Waals surface area (Å²) in [5.74, 6) is -1.85. The van der Waals surface area contributed by atoms with Crippen LogP contribution in [0, 0.1) is 17.1 Å². The van der Waals surface area contributed by atoms with Crippen LogP contribution in [0.25, 0.3) is 0 Å². The van der Waals surface area contributed by atoms with Gasteiger partial charge in [-0.3, -0.25) is 4.79 Å². The normalized spacial score (nSPS) is 9.68. The first-order chi connectivity index (χ1) is 9.10. The molecule has 2 rings (SSSR count). The molecule has 1 amide bonds. The highest BCUT2D eigenvalue weighted by atomic mass is 19.1. The van der Waals surface area contributed by atoms with Crippen LogP contribution in [-0.4, -0.2) is 16.0 Å². The minimum absolute atomic E-state index is 0.104. The van der Waals surface area contributed by atoms with Crippen molar-refractivity contribution in [1.82, 2.24) is 4.98 Å². The second kappa shape index (κ2) is 5.14. The Kier molecular flexibility index (Phi) is 3.39. The third kappa shape index (κ3) is 2.84. The number of aromatic nitrogens is 1. The molecule has 0 aliphatic heterocycles. The number of phenolic OH excluding ortho intramolecular Hbond substituents is 1. The lowest BCUT2D eigenvalue weighted by atomic mass is 10.2.